The molecule has 2 aromatic rings. The second-order valence-electron chi connectivity index (χ2n) is 6.47. The standard InChI is InChI=1S/C24H30O/c1-2-3-4-5-6-7-8-9-10-12-15-22-18-20-24(21-19-22)25-23-16-13-11-14-17-23/h11,13-14,16-21H,2-10H2,1H3. The van der Waals surface area contributed by atoms with E-state index in [4.69, 9.17) is 4.74 Å². The van der Waals surface area contributed by atoms with E-state index in [9.17, 15) is 0 Å². The SMILES string of the molecule is CCCCCCCCCCC#Cc1ccc(Oc2ccccc2)cc1. The summed E-state index contributed by atoms with van der Waals surface area (Å²) >= 11 is 0. The molecule has 0 amide bonds. The summed E-state index contributed by atoms with van der Waals surface area (Å²) in [4.78, 5) is 0. The van der Waals surface area contributed by atoms with Gasteiger partial charge in [0.1, 0.15) is 11.5 Å². The highest BCUT2D eigenvalue weighted by Crippen LogP contribution is 2.20. The molecule has 1 heteroatoms. The molecular weight excluding hydrogens is 304 g/mol. The first-order chi connectivity index (χ1) is 12.4. The van der Waals surface area contributed by atoms with Gasteiger partial charge in [0, 0.05) is 12.0 Å². The van der Waals surface area contributed by atoms with Crippen molar-refractivity contribution in [2.24, 2.45) is 0 Å². The molecule has 0 heterocycles. The van der Waals surface area contributed by atoms with Crippen LogP contribution in [0.1, 0.15) is 70.3 Å². The van der Waals surface area contributed by atoms with Gasteiger partial charge in [-0.2, -0.15) is 0 Å². The van der Waals surface area contributed by atoms with Crippen molar-refractivity contribution in [3.63, 3.8) is 0 Å². The van der Waals surface area contributed by atoms with Gasteiger partial charge in [-0.1, -0.05) is 81.9 Å². The Morgan fingerprint density at radius 3 is 1.96 bits per heavy atom. The molecule has 0 fully saturated rings. The number of unbranched alkanes of at least 4 members (excludes halogenated alkanes) is 8. The van der Waals surface area contributed by atoms with Crippen molar-refractivity contribution in [1.29, 1.82) is 0 Å². The fraction of sp³-hybridized carbons (Fsp3) is 0.417. The number of rotatable bonds is 10. The van der Waals surface area contributed by atoms with Crippen LogP contribution in [-0.4, -0.2) is 0 Å². The fourth-order valence-corrected chi connectivity index (χ4v) is 2.74. The lowest BCUT2D eigenvalue weighted by atomic mass is 10.1. The van der Waals surface area contributed by atoms with Crippen LogP contribution in [-0.2, 0) is 0 Å². The topological polar surface area (TPSA) is 9.23 Å². The van der Waals surface area contributed by atoms with Crippen LogP contribution in [0.4, 0.5) is 0 Å². The summed E-state index contributed by atoms with van der Waals surface area (Å²) in [7, 11) is 0. The zero-order chi connectivity index (χ0) is 17.6. The summed E-state index contributed by atoms with van der Waals surface area (Å²) < 4.78 is 5.79. The summed E-state index contributed by atoms with van der Waals surface area (Å²) in [5.74, 6) is 8.24. The van der Waals surface area contributed by atoms with E-state index in [1.165, 1.54) is 51.4 Å². The lowest BCUT2D eigenvalue weighted by Gasteiger charge is -2.04. The highest BCUT2D eigenvalue weighted by atomic mass is 16.5. The molecule has 0 spiro atoms. The molecule has 0 aromatic heterocycles. The van der Waals surface area contributed by atoms with Crippen LogP contribution >= 0.6 is 0 Å². The van der Waals surface area contributed by atoms with Crippen LogP contribution in [0.3, 0.4) is 0 Å². The maximum atomic E-state index is 5.79. The lowest BCUT2D eigenvalue weighted by Crippen LogP contribution is -1.83. The van der Waals surface area contributed by atoms with Crippen LogP contribution in [0.25, 0.3) is 0 Å². The summed E-state index contributed by atoms with van der Waals surface area (Å²) in [6.45, 7) is 2.27. The first kappa shape index (κ1) is 19.1. The van der Waals surface area contributed by atoms with Gasteiger partial charge in [0.2, 0.25) is 0 Å². The Morgan fingerprint density at radius 1 is 0.680 bits per heavy atom. The highest BCUT2D eigenvalue weighted by molar-refractivity contribution is 5.39. The van der Waals surface area contributed by atoms with E-state index in [0.717, 1.165) is 23.5 Å². The molecule has 0 aliphatic carbocycles. The van der Waals surface area contributed by atoms with E-state index in [0.29, 0.717) is 0 Å². The van der Waals surface area contributed by atoms with Gasteiger partial charge in [-0.3, -0.25) is 0 Å². The molecule has 25 heavy (non-hydrogen) atoms. The normalized spacial score (nSPS) is 10.1. The van der Waals surface area contributed by atoms with Gasteiger partial charge in [-0.05, 0) is 42.8 Å². The third-order valence-electron chi connectivity index (χ3n) is 4.22. The zero-order valence-electron chi connectivity index (χ0n) is 15.5. The Balaban J connectivity index is 1.62. The quantitative estimate of drug-likeness (QED) is 0.326. The van der Waals surface area contributed by atoms with Crippen molar-refractivity contribution in [2.75, 3.05) is 0 Å². The summed E-state index contributed by atoms with van der Waals surface area (Å²) in [5, 5.41) is 0. The van der Waals surface area contributed by atoms with Crippen molar-refractivity contribution < 1.29 is 4.74 Å². The number of hydrogen-bond acceptors (Lipinski definition) is 1. The number of para-hydroxylation sites is 1. The molecular formula is C24H30O. The summed E-state index contributed by atoms with van der Waals surface area (Å²) in [5.41, 5.74) is 1.06. The van der Waals surface area contributed by atoms with E-state index in [1.54, 1.807) is 0 Å². The predicted octanol–water partition coefficient (Wildman–Crippen LogP) is 7.36. The molecule has 0 saturated carbocycles. The van der Waals surface area contributed by atoms with Crippen molar-refractivity contribution in [3.05, 3.63) is 60.2 Å². The lowest BCUT2D eigenvalue weighted by molar-refractivity contribution is 0.482. The second-order valence-corrected chi connectivity index (χ2v) is 6.47. The smallest absolute Gasteiger partial charge is 0.127 e. The van der Waals surface area contributed by atoms with E-state index in [2.05, 4.69) is 18.8 Å². The average Bonchev–Trinajstić information content (AvgIpc) is 2.65. The van der Waals surface area contributed by atoms with Crippen molar-refractivity contribution >= 4 is 0 Å². The molecule has 0 atom stereocenters. The van der Waals surface area contributed by atoms with Crippen LogP contribution in [0.15, 0.2) is 54.6 Å². The molecule has 2 rings (SSSR count). The van der Waals surface area contributed by atoms with Crippen molar-refractivity contribution in [3.8, 4) is 23.3 Å². The Morgan fingerprint density at radius 2 is 1.28 bits per heavy atom. The molecule has 0 aliphatic rings. The number of benzene rings is 2. The maximum Gasteiger partial charge on any atom is 0.127 e. The Labute approximate surface area is 153 Å². The minimum absolute atomic E-state index is 0.847. The van der Waals surface area contributed by atoms with Gasteiger partial charge in [-0.25, -0.2) is 0 Å². The minimum Gasteiger partial charge on any atom is -0.457 e. The maximum absolute atomic E-state index is 5.79. The van der Waals surface area contributed by atoms with E-state index < -0.39 is 0 Å². The summed E-state index contributed by atoms with van der Waals surface area (Å²) in [6, 6.07) is 17.9. The minimum atomic E-state index is 0.847. The molecule has 132 valence electrons. The van der Waals surface area contributed by atoms with Gasteiger partial charge < -0.3 is 4.74 Å². The molecule has 0 N–H and O–H groups in total. The Bertz CT molecular complexity index is 631. The van der Waals surface area contributed by atoms with Gasteiger partial charge in [0.15, 0.2) is 0 Å². The highest BCUT2D eigenvalue weighted by Gasteiger charge is 1.96. The molecule has 0 radical (unpaired) electrons. The van der Waals surface area contributed by atoms with Crippen molar-refractivity contribution in [2.45, 2.75) is 64.7 Å². The first-order valence-corrected chi connectivity index (χ1v) is 9.70. The summed E-state index contributed by atoms with van der Waals surface area (Å²) in [6.07, 6.45) is 11.8. The van der Waals surface area contributed by atoms with Gasteiger partial charge in [0.05, 0.1) is 0 Å². The van der Waals surface area contributed by atoms with Gasteiger partial charge >= 0.3 is 0 Å². The van der Waals surface area contributed by atoms with E-state index in [1.807, 2.05) is 54.6 Å². The Hall–Kier alpha value is -2.20. The number of hydrogen-bond donors (Lipinski definition) is 0. The van der Waals surface area contributed by atoms with Gasteiger partial charge in [-0.15, -0.1) is 0 Å². The molecule has 0 bridgehead atoms. The molecule has 0 saturated heterocycles. The van der Waals surface area contributed by atoms with E-state index >= 15 is 0 Å². The zero-order valence-corrected chi connectivity index (χ0v) is 15.5. The first-order valence-electron chi connectivity index (χ1n) is 9.70. The molecule has 1 nitrogen and oxygen atoms in total. The third-order valence-corrected chi connectivity index (χ3v) is 4.22. The van der Waals surface area contributed by atoms with Crippen LogP contribution < -0.4 is 4.74 Å². The average molecular weight is 335 g/mol. The van der Waals surface area contributed by atoms with E-state index in [-0.39, 0.29) is 0 Å². The predicted molar refractivity (Wildman–Crippen MR) is 107 cm³/mol. The number of ether oxygens (including phenoxy) is 1. The van der Waals surface area contributed by atoms with Crippen LogP contribution in [0.5, 0.6) is 11.5 Å². The Kier molecular flexibility index (Phi) is 9.34. The monoisotopic (exact) mass is 334 g/mol. The van der Waals surface area contributed by atoms with Crippen LogP contribution in [0, 0.1) is 11.8 Å². The van der Waals surface area contributed by atoms with Crippen LogP contribution in [0.2, 0.25) is 0 Å². The second kappa shape index (κ2) is 12.2. The fourth-order valence-electron chi connectivity index (χ4n) is 2.74. The third kappa shape index (κ3) is 8.45. The van der Waals surface area contributed by atoms with Gasteiger partial charge in [0.25, 0.3) is 0 Å². The molecule has 0 unspecified atom stereocenters. The largest absolute Gasteiger partial charge is 0.457 e. The van der Waals surface area contributed by atoms with Crippen molar-refractivity contribution in [1.82, 2.24) is 0 Å². The molecule has 0 aliphatic heterocycles. The molecule has 2 aromatic carbocycles.